The molecule has 0 atom stereocenters. The van der Waals surface area contributed by atoms with Crippen molar-refractivity contribution in [2.45, 2.75) is 11.8 Å². The molecule has 0 aliphatic carbocycles. The van der Waals surface area contributed by atoms with Gasteiger partial charge in [-0.2, -0.15) is 10.2 Å². The fourth-order valence-corrected chi connectivity index (χ4v) is 3.58. The van der Waals surface area contributed by atoms with Gasteiger partial charge in [0.1, 0.15) is 21.5 Å². The number of fused-ring (bicyclic) bond motifs is 1. The van der Waals surface area contributed by atoms with Crippen LogP contribution in [0.25, 0.3) is 22.1 Å². The number of rotatable bonds is 4. The minimum Gasteiger partial charge on any atom is -0.871 e. The van der Waals surface area contributed by atoms with Gasteiger partial charge in [-0.1, -0.05) is 42.1 Å². The summed E-state index contributed by atoms with van der Waals surface area (Å²) in [5, 5.41) is 21.2. The number of hydrogen-bond donors (Lipinski definition) is 0. The Hall–Kier alpha value is -1.49. The molecule has 10 heteroatoms. The Morgan fingerprint density at radius 3 is 2.13 bits per heavy atom. The normalized spacial score (nSPS) is 11.3. The first-order valence-electron chi connectivity index (χ1n) is 8.61. The fourth-order valence-electron chi connectivity index (χ4n) is 3.11. The molecule has 146 valence electrons. The minimum absolute atomic E-state index is 0. The maximum Gasteiger partial charge on any atom is 1.00 e. The monoisotopic (exact) mass is 452 g/mol. The SMILES string of the molecule is Cc1oc2ccc([O-])c(N=Nc3ccc(S(=O)(=O)[O-])cc3)c2c1-c1ccccc1.[Na+].[Na+]. The van der Waals surface area contributed by atoms with Crippen molar-refractivity contribution >= 4 is 32.5 Å². The van der Waals surface area contributed by atoms with E-state index in [-0.39, 0.29) is 75.4 Å². The second kappa shape index (κ2) is 10.4. The van der Waals surface area contributed by atoms with Crippen LogP contribution < -0.4 is 64.2 Å². The fraction of sp³-hybridized carbons (Fsp3) is 0.0476. The minimum atomic E-state index is -4.54. The first-order valence-corrected chi connectivity index (χ1v) is 10.0. The zero-order valence-electron chi connectivity index (χ0n) is 17.2. The number of benzene rings is 3. The molecular formula is C21H14N2Na2O5S. The predicted octanol–water partition coefficient (Wildman–Crippen LogP) is -1.19. The van der Waals surface area contributed by atoms with Crippen LogP contribution in [0.4, 0.5) is 11.4 Å². The largest absolute Gasteiger partial charge is 1.00 e. The van der Waals surface area contributed by atoms with Crippen molar-refractivity contribution in [3.63, 3.8) is 0 Å². The van der Waals surface area contributed by atoms with E-state index in [1.807, 2.05) is 37.3 Å². The third-order valence-electron chi connectivity index (χ3n) is 4.42. The van der Waals surface area contributed by atoms with Gasteiger partial charge < -0.3 is 14.1 Å². The molecule has 0 radical (unpaired) electrons. The van der Waals surface area contributed by atoms with Crippen molar-refractivity contribution in [2.75, 3.05) is 0 Å². The second-order valence-corrected chi connectivity index (χ2v) is 7.71. The van der Waals surface area contributed by atoms with Crippen molar-refractivity contribution < 1.29 is 81.6 Å². The van der Waals surface area contributed by atoms with Crippen LogP contribution >= 0.6 is 0 Å². The average Bonchev–Trinajstić information content (AvgIpc) is 3.03. The van der Waals surface area contributed by atoms with Crippen molar-refractivity contribution in [3.05, 3.63) is 72.5 Å². The van der Waals surface area contributed by atoms with Gasteiger partial charge >= 0.3 is 59.1 Å². The van der Waals surface area contributed by atoms with Crippen molar-refractivity contribution in [1.29, 1.82) is 0 Å². The summed E-state index contributed by atoms with van der Waals surface area (Å²) in [7, 11) is -4.54. The summed E-state index contributed by atoms with van der Waals surface area (Å²) in [6.45, 7) is 1.82. The molecule has 0 aliphatic heterocycles. The molecule has 0 spiro atoms. The van der Waals surface area contributed by atoms with E-state index in [0.717, 1.165) is 23.3 Å². The van der Waals surface area contributed by atoms with Gasteiger partial charge in [0.05, 0.1) is 21.7 Å². The zero-order chi connectivity index (χ0) is 20.6. The molecule has 3 aromatic carbocycles. The number of hydrogen-bond acceptors (Lipinski definition) is 7. The molecule has 0 bridgehead atoms. The molecule has 0 aliphatic rings. The molecule has 4 rings (SSSR count). The van der Waals surface area contributed by atoms with Gasteiger partial charge in [-0.25, -0.2) is 8.42 Å². The smallest absolute Gasteiger partial charge is 0.871 e. The summed E-state index contributed by atoms with van der Waals surface area (Å²) in [5.74, 6) is 0.330. The van der Waals surface area contributed by atoms with Gasteiger partial charge in [0.25, 0.3) is 0 Å². The van der Waals surface area contributed by atoms with E-state index in [1.165, 1.54) is 18.2 Å². The Morgan fingerprint density at radius 1 is 0.871 bits per heavy atom. The van der Waals surface area contributed by atoms with Crippen LogP contribution in [0.5, 0.6) is 5.75 Å². The van der Waals surface area contributed by atoms with Gasteiger partial charge in [0, 0.05) is 5.56 Å². The van der Waals surface area contributed by atoms with Crippen LogP contribution in [0.15, 0.2) is 86.3 Å². The van der Waals surface area contributed by atoms with Crippen molar-refractivity contribution in [3.8, 4) is 16.9 Å². The molecule has 0 amide bonds. The summed E-state index contributed by atoms with van der Waals surface area (Å²) >= 11 is 0. The van der Waals surface area contributed by atoms with Gasteiger partial charge in [-0.05, 0) is 42.8 Å². The standard InChI is InChI=1S/C21H16N2O5S.2Na/c1-13-19(14-5-3-2-4-6-14)20-18(28-13)12-11-17(24)21(20)23-22-15-7-9-16(10-8-15)29(25,26)27;;/h2-12,24H,1H3,(H,25,26,27);;/q;2*+1/p-2. The maximum atomic E-state index is 12.5. The Kier molecular flexibility index (Phi) is 8.66. The van der Waals surface area contributed by atoms with Gasteiger partial charge in [0.2, 0.25) is 0 Å². The van der Waals surface area contributed by atoms with E-state index >= 15 is 0 Å². The Bertz CT molecular complexity index is 1340. The number of azo groups is 1. The third-order valence-corrected chi connectivity index (χ3v) is 5.27. The third kappa shape index (κ3) is 5.47. The van der Waals surface area contributed by atoms with Gasteiger partial charge in [-0.15, -0.1) is 0 Å². The number of aryl methyl sites for hydroxylation is 1. The van der Waals surface area contributed by atoms with Crippen LogP contribution in [0, 0.1) is 6.92 Å². The summed E-state index contributed by atoms with van der Waals surface area (Å²) in [5.41, 5.74) is 2.59. The average molecular weight is 452 g/mol. The van der Waals surface area contributed by atoms with E-state index in [2.05, 4.69) is 10.2 Å². The summed E-state index contributed by atoms with van der Waals surface area (Å²) in [6.07, 6.45) is 0. The molecular weight excluding hydrogens is 438 g/mol. The summed E-state index contributed by atoms with van der Waals surface area (Å²) < 4.78 is 38.9. The van der Waals surface area contributed by atoms with Crippen molar-refractivity contribution in [2.24, 2.45) is 10.2 Å². The molecule has 1 aromatic heterocycles. The van der Waals surface area contributed by atoms with Gasteiger partial charge in [0.15, 0.2) is 0 Å². The zero-order valence-corrected chi connectivity index (χ0v) is 22.0. The van der Waals surface area contributed by atoms with Crippen LogP contribution in [-0.2, 0) is 10.1 Å². The topological polar surface area (TPSA) is 118 Å². The number of furan rings is 1. The molecule has 31 heavy (non-hydrogen) atoms. The quantitative estimate of drug-likeness (QED) is 0.219. The van der Waals surface area contributed by atoms with E-state index in [1.54, 1.807) is 6.07 Å². The number of nitrogens with zero attached hydrogens (tertiary/aromatic N) is 2. The molecule has 4 aromatic rings. The van der Waals surface area contributed by atoms with Crippen LogP contribution in [0.2, 0.25) is 0 Å². The van der Waals surface area contributed by atoms with E-state index in [0.29, 0.717) is 22.4 Å². The molecule has 0 fully saturated rings. The van der Waals surface area contributed by atoms with E-state index in [4.69, 9.17) is 4.42 Å². The Labute approximate surface area is 223 Å². The Morgan fingerprint density at radius 2 is 1.52 bits per heavy atom. The molecule has 7 nitrogen and oxygen atoms in total. The molecule has 0 N–H and O–H groups in total. The molecule has 0 unspecified atom stereocenters. The van der Waals surface area contributed by atoms with Crippen LogP contribution in [0.1, 0.15) is 5.76 Å². The van der Waals surface area contributed by atoms with Crippen molar-refractivity contribution in [1.82, 2.24) is 0 Å². The first-order chi connectivity index (χ1) is 13.8. The first kappa shape index (κ1) is 25.8. The summed E-state index contributed by atoms with van der Waals surface area (Å²) in [4.78, 5) is -0.361. The van der Waals surface area contributed by atoms with E-state index in [9.17, 15) is 18.1 Å². The maximum absolute atomic E-state index is 12.5. The van der Waals surface area contributed by atoms with Gasteiger partial charge in [-0.3, -0.25) is 0 Å². The van der Waals surface area contributed by atoms with Crippen LogP contribution in [0.3, 0.4) is 0 Å². The second-order valence-electron chi connectivity index (χ2n) is 6.33. The predicted molar refractivity (Wildman–Crippen MR) is 104 cm³/mol. The summed E-state index contributed by atoms with van der Waals surface area (Å²) in [6, 6.07) is 17.4. The molecule has 1 heterocycles. The van der Waals surface area contributed by atoms with Crippen LogP contribution in [-0.4, -0.2) is 13.0 Å². The Balaban J connectivity index is 0.00000171. The van der Waals surface area contributed by atoms with E-state index < -0.39 is 10.1 Å². The molecule has 0 saturated heterocycles. The molecule has 0 saturated carbocycles.